The van der Waals surface area contributed by atoms with Crippen LogP contribution in [0.4, 0.5) is 10.5 Å². The third-order valence-electron chi connectivity index (χ3n) is 3.83. The fraction of sp³-hybridized carbons (Fsp3) is 0.167. The number of rotatable bonds is 4. The number of fused-ring (bicyclic) bond motifs is 1. The number of aliphatic hydroxyl groups excluding tert-OH is 1. The number of aryl methyl sites for hydroxylation is 1. The topological polar surface area (TPSA) is 66.3 Å². The molecule has 1 unspecified atom stereocenters. The largest absolute Gasteiger partial charge is 0.386 e. The van der Waals surface area contributed by atoms with Crippen LogP contribution in [0.25, 0.3) is 10.9 Å². The Balaban J connectivity index is 1.64. The van der Waals surface area contributed by atoms with Crippen molar-refractivity contribution >= 4 is 34.2 Å². The van der Waals surface area contributed by atoms with Crippen LogP contribution in [0.2, 0.25) is 5.02 Å². The number of urea groups is 1. The summed E-state index contributed by atoms with van der Waals surface area (Å²) in [6.07, 6.45) is 1.09. The Hall–Kier alpha value is -2.50. The van der Waals surface area contributed by atoms with Crippen molar-refractivity contribution in [2.75, 3.05) is 11.9 Å². The van der Waals surface area contributed by atoms with Gasteiger partial charge in [-0.15, -0.1) is 0 Å². The van der Waals surface area contributed by atoms with Gasteiger partial charge in [-0.3, -0.25) is 0 Å². The van der Waals surface area contributed by atoms with E-state index in [9.17, 15) is 9.90 Å². The Bertz CT molecular complexity index is 876. The van der Waals surface area contributed by atoms with Crippen LogP contribution >= 0.6 is 11.6 Å². The first-order valence-electron chi connectivity index (χ1n) is 7.57. The van der Waals surface area contributed by atoms with Gasteiger partial charge in [-0.1, -0.05) is 35.9 Å². The second-order valence-corrected chi connectivity index (χ2v) is 6.01. The molecule has 2 aromatic carbocycles. The van der Waals surface area contributed by atoms with Gasteiger partial charge in [-0.25, -0.2) is 4.79 Å². The van der Waals surface area contributed by atoms with E-state index in [4.69, 9.17) is 11.6 Å². The minimum atomic E-state index is -0.791. The minimum Gasteiger partial charge on any atom is -0.386 e. The molecule has 1 atom stereocenters. The van der Waals surface area contributed by atoms with Crippen LogP contribution in [0.5, 0.6) is 0 Å². The first-order valence-corrected chi connectivity index (χ1v) is 7.95. The number of hydrogen-bond donors (Lipinski definition) is 3. The molecule has 0 saturated carbocycles. The standard InChI is InChI=1S/C18H18ClN3O2/c1-22-11-15(14-7-2-3-8-16(14)22)17(23)10-20-18(24)21-13-6-4-5-12(19)9-13/h2-9,11,17,23H,10H2,1H3,(H2,20,21,24). The zero-order valence-corrected chi connectivity index (χ0v) is 13.9. The average Bonchev–Trinajstić information content (AvgIpc) is 2.90. The maximum Gasteiger partial charge on any atom is 0.319 e. The van der Waals surface area contributed by atoms with Gasteiger partial charge in [0.2, 0.25) is 0 Å². The van der Waals surface area contributed by atoms with Gasteiger partial charge < -0.3 is 20.3 Å². The summed E-state index contributed by atoms with van der Waals surface area (Å²) in [5, 5.41) is 17.3. The molecule has 0 fully saturated rings. The number of aromatic nitrogens is 1. The number of carbonyl (C=O) groups is 1. The van der Waals surface area contributed by atoms with Gasteiger partial charge >= 0.3 is 6.03 Å². The fourth-order valence-electron chi connectivity index (χ4n) is 2.68. The molecule has 3 N–H and O–H groups in total. The monoisotopic (exact) mass is 343 g/mol. The number of nitrogens with one attached hydrogen (secondary N) is 2. The summed E-state index contributed by atoms with van der Waals surface area (Å²) in [5.41, 5.74) is 2.42. The fourth-order valence-corrected chi connectivity index (χ4v) is 2.87. The molecule has 0 aliphatic rings. The minimum absolute atomic E-state index is 0.112. The van der Waals surface area contributed by atoms with Crippen molar-refractivity contribution in [2.24, 2.45) is 7.05 Å². The molecule has 1 heterocycles. The molecule has 5 nitrogen and oxygen atoms in total. The van der Waals surface area contributed by atoms with Gasteiger partial charge in [0.05, 0.1) is 6.10 Å². The number of hydrogen-bond acceptors (Lipinski definition) is 2. The van der Waals surface area contributed by atoms with Gasteiger partial charge in [-0.2, -0.15) is 0 Å². The number of nitrogens with zero attached hydrogens (tertiary/aromatic N) is 1. The summed E-state index contributed by atoms with van der Waals surface area (Å²) in [5.74, 6) is 0. The summed E-state index contributed by atoms with van der Waals surface area (Å²) in [6, 6.07) is 14.3. The van der Waals surface area contributed by atoms with E-state index in [2.05, 4.69) is 10.6 Å². The normalized spacial score (nSPS) is 12.1. The van der Waals surface area contributed by atoms with Gasteiger partial charge in [0.1, 0.15) is 0 Å². The van der Waals surface area contributed by atoms with E-state index < -0.39 is 12.1 Å². The highest BCUT2D eigenvalue weighted by Crippen LogP contribution is 2.25. The molecule has 0 bridgehead atoms. The summed E-state index contributed by atoms with van der Waals surface area (Å²) in [7, 11) is 1.93. The maximum atomic E-state index is 11.9. The molecule has 0 saturated heterocycles. The van der Waals surface area contributed by atoms with E-state index >= 15 is 0 Å². The van der Waals surface area contributed by atoms with Crippen LogP contribution < -0.4 is 10.6 Å². The van der Waals surface area contributed by atoms with Crippen LogP contribution in [0.15, 0.2) is 54.7 Å². The molecule has 1 aromatic heterocycles. The summed E-state index contributed by atoms with van der Waals surface area (Å²) < 4.78 is 1.96. The first-order chi connectivity index (χ1) is 11.5. The molecular weight excluding hydrogens is 326 g/mol. The second kappa shape index (κ2) is 6.95. The predicted octanol–water partition coefficient (Wildman–Crippen LogP) is 3.69. The van der Waals surface area contributed by atoms with Crippen molar-refractivity contribution in [1.29, 1.82) is 0 Å². The van der Waals surface area contributed by atoms with Crippen LogP contribution in [-0.2, 0) is 7.05 Å². The maximum absolute atomic E-state index is 11.9. The van der Waals surface area contributed by atoms with Gasteiger partial charge in [0.15, 0.2) is 0 Å². The Morgan fingerprint density at radius 1 is 1.25 bits per heavy atom. The molecule has 0 aliphatic heterocycles. The van der Waals surface area contributed by atoms with Crippen molar-refractivity contribution in [3.05, 3.63) is 65.3 Å². The number of carbonyl (C=O) groups excluding carboxylic acids is 1. The van der Waals surface area contributed by atoms with Crippen molar-refractivity contribution in [3.8, 4) is 0 Å². The Morgan fingerprint density at radius 3 is 2.83 bits per heavy atom. The molecular formula is C18H18ClN3O2. The number of para-hydroxylation sites is 1. The third-order valence-corrected chi connectivity index (χ3v) is 4.06. The van der Waals surface area contributed by atoms with Crippen molar-refractivity contribution in [2.45, 2.75) is 6.10 Å². The molecule has 124 valence electrons. The zero-order valence-electron chi connectivity index (χ0n) is 13.2. The van der Waals surface area contributed by atoms with Gasteiger partial charge in [-0.05, 0) is 24.3 Å². The van der Waals surface area contributed by atoms with E-state index in [1.54, 1.807) is 24.3 Å². The van der Waals surface area contributed by atoms with Crippen LogP contribution in [0.3, 0.4) is 0 Å². The second-order valence-electron chi connectivity index (χ2n) is 5.57. The van der Waals surface area contributed by atoms with Gasteiger partial charge in [0, 0.05) is 47.0 Å². The lowest BCUT2D eigenvalue weighted by Crippen LogP contribution is -2.32. The number of anilines is 1. The van der Waals surface area contributed by atoms with Crippen LogP contribution in [0.1, 0.15) is 11.7 Å². The van der Waals surface area contributed by atoms with E-state index in [1.165, 1.54) is 0 Å². The number of amides is 2. The lowest BCUT2D eigenvalue weighted by atomic mass is 10.1. The quantitative estimate of drug-likeness (QED) is 0.676. The third kappa shape index (κ3) is 3.53. The highest BCUT2D eigenvalue weighted by molar-refractivity contribution is 6.30. The average molecular weight is 344 g/mol. The van der Waals surface area contributed by atoms with E-state index in [0.717, 1.165) is 16.5 Å². The zero-order chi connectivity index (χ0) is 17.1. The first kappa shape index (κ1) is 16.4. The van der Waals surface area contributed by atoms with Crippen molar-refractivity contribution < 1.29 is 9.90 Å². The van der Waals surface area contributed by atoms with Crippen LogP contribution in [0, 0.1) is 0 Å². The Morgan fingerprint density at radius 2 is 2.04 bits per heavy atom. The molecule has 3 aromatic rings. The lowest BCUT2D eigenvalue weighted by molar-refractivity contribution is 0.176. The van der Waals surface area contributed by atoms with E-state index in [1.807, 2.05) is 42.1 Å². The molecule has 24 heavy (non-hydrogen) atoms. The van der Waals surface area contributed by atoms with Crippen LogP contribution in [-0.4, -0.2) is 22.2 Å². The highest BCUT2D eigenvalue weighted by atomic mass is 35.5. The SMILES string of the molecule is Cn1cc(C(O)CNC(=O)Nc2cccc(Cl)c2)c2ccccc21. The van der Waals surface area contributed by atoms with E-state index in [-0.39, 0.29) is 6.54 Å². The number of benzene rings is 2. The smallest absolute Gasteiger partial charge is 0.319 e. The van der Waals surface area contributed by atoms with Gasteiger partial charge in [0.25, 0.3) is 0 Å². The number of halogens is 1. The highest BCUT2D eigenvalue weighted by Gasteiger charge is 2.15. The summed E-state index contributed by atoms with van der Waals surface area (Å²) >= 11 is 5.88. The Labute approximate surface area is 144 Å². The molecule has 0 spiro atoms. The van der Waals surface area contributed by atoms with Crippen molar-refractivity contribution in [3.63, 3.8) is 0 Å². The summed E-state index contributed by atoms with van der Waals surface area (Å²) in [6.45, 7) is 0.112. The molecule has 0 aliphatic carbocycles. The Kier molecular flexibility index (Phi) is 4.74. The molecule has 6 heteroatoms. The predicted molar refractivity (Wildman–Crippen MR) is 96.4 cm³/mol. The van der Waals surface area contributed by atoms with Crippen molar-refractivity contribution in [1.82, 2.24) is 9.88 Å². The number of aliphatic hydroxyl groups is 1. The summed E-state index contributed by atoms with van der Waals surface area (Å²) in [4.78, 5) is 11.9. The molecule has 2 amide bonds. The molecule has 3 rings (SSSR count). The lowest BCUT2D eigenvalue weighted by Gasteiger charge is -2.12. The molecule has 0 radical (unpaired) electrons. The van der Waals surface area contributed by atoms with E-state index in [0.29, 0.717) is 10.7 Å².